The summed E-state index contributed by atoms with van der Waals surface area (Å²) in [5.74, 6) is -0.190. The van der Waals surface area contributed by atoms with E-state index < -0.39 is 26.9 Å². The molecule has 2 rings (SSSR count). The molecule has 0 heterocycles. The standard InChI is InChI=1S/C18H21N3O6S/c1-12-16(9-6-10-17(12)21(23)24)19-18(22)13(2)20(28(4,25)26)14-7-5-8-15(11-14)27-3/h5-11,13H,1-4H3,(H,19,22)/t13-/m1/s1. The number of nitrogens with one attached hydrogen (secondary N) is 1. The maximum atomic E-state index is 12.7. The summed E-state index contributed by atoms with van der Waals surface area (Å²) in [6.45, 7) is 2.94. The van der Waals surface area contributed by atoms with Crippen molar-refractivity contribution in [3.8, 4) is 5.75 Å². The number of nitro benzene ring substituents is 1. The molecular formula is C18H21N3O6S. The highest BCUT2D eigenvalue weighted by molar-refractivity contribution is 7.92. The molecule has 1 atom stereocenters. The smallest absolute Gasteiger partial charge is 0.274 e. The van der Waals surface area contributed by atoms with Gasteiger partial charge in [-0.15, -0.1) is 0 Å². The largest absolute Gasteiger partial charge is 0.497 e. The van der Waals surface area contributed by atoms with Crippen molar-refractivity contribution < 1.29 is 22.9 Å². The minimum atomic E-state index is -3.80. The predicted molar refractivity (Wildman–Crippen MR) is 106 cm³/mol. The summed E-state index contributed by atoms with van der Waals surface area (Å²) in [6.07, 6.45) is 0.995. The molecule has 2 aromatic rings. The van der Waals surface area contributed by atoms with Crippen LogP contribution < -0.4 is 14.4 Å². The second kappa shape index (κ2) is 8.26. The molecule has 0 spiro atoms. The van der Waals surface area contributed by atoms with Crippen LogP contribution in [0.4, 0.5) is 17.1 Å². The normalized spacial score (nSPS) is 12.1. The van der Waals surface area contributed by atoms with Gasteiger partial charge in [-0.3, -0.25) is 19.2 Å². The Morgan fingerprint density at radius 2 is 1.89 bits per heavy atom. The number of ether oxygens (including phenoxy) is 1. The highest BCUT2D eigenvalue weighted by atomic mass is 32.2. The zero-order chi connectivity index (χ0) is 21.1. The molecule has 1 N–H and O–H groups in total. The number of methoxy groups -OCH3 is 1. The van der Waals surface area contributed by atoms with Gasteiger partial charge >= 0.3 is 0 Å². The zero-order valence-electron chi connectivity index (χ0n) is 15.9. The third-order valence-electron chi connectivity index (χ3n) is 4.16. The van der Waals surface area contributed by atoms with Crippen molar-refractivity contribution >= 4 is 33.0 Å². The molecule has 0 aliphatic heterocycles. The summed E-state index contributed by atoms with van der Waals surface area (Å²) >= 11 is 0. The summed E-state index contributed by atoms with van der Waals surface area (Å²) in [6, 6.07) is 9.50. The van der Waals surface area contributed by atoms with Crippen molar-refractivity contribution in [3.63, 3.8) is 0 Å². The van der Waals surface area contributed by atoms with Gasteiger partial charge in [0.2, 0.25) is 15.9 Å². The summed E-state index contributed by atoms with van der Waals surface area (Å²) < 4.78 is 30.8. The van der Waals surface area contributed by atoms with Crippen molar-refractivity contribution in [2.24, 2.45) is 0 Å². The van der Waals surface area contributed by atoms with Crippen LogP contribution in [-0.4, -0.2) is 38.7 Å². The highest BCUT2D eigenvalue weighted by Gasteiger charge is 2.30. The number of nitrogens with zero attached hydrogens (tertiary/aromatic N) is 2. The molecule has 0 fully saturated rings. The summed E-state index contributed by atoms with van der Waals surface area (Å²) in [5.41, 5.74) is 0.643. The van der Waals surface area contributed by atoms with Crippen molar-refractivity contribution in [2.45, 2.75) is 19.9 Å². The Kier molecular flexibility index (Phi) is 6.24. The second-order valence-corrected chi connectivity index (χ2v) is 7.99. The minimum absolute atomic E-state index is 0.141. The number of nitro groups is 1. The number of hydrogen-bond acceptors (Lipinski definition) is 6. The number of hydrogen-bond donors (Lipinski definition) is 1. The molecular weight excluding hydrogens is 386 g/mol. The third kappa shape index (κ3) is 4.58. The molecule has 0 aliphatic rings. The highest BCUT2D eigenvalue weighted by Crippen LogP contribution is 2.28. The van der Waals surface area contributed by atoms with Crippen LogP contribution in [-0.2, 0) is 14.8 Å². The molecule has 10 heteroatoms. The van der Waals surface area contributed by atoms with E-state index in [1.54, 1.807) is 18.2 Å². The summed E-state index contributed by atoms with van der Waals surface area (Å²) in [7, 11) is -2.35. The Morgan fingerprint density at radius 3 is 2.46 bits per heavy atom. The predicted octanol–water partition coefficient (Wildman–Crippen LogP) is 2.71. The zero-order valence-corrected chi connectivity index (χ0v) is 16.7. The lowest BCUT2D eigenvalue weighted by molar-refractivity contribution is -0.385. The lowest BCUT2D eigenvalue weighted by Crippen LogP contribution is -2.45. The molecule has 0 saturated carbocycles. The monoisotopic (exact) mass is 407 g/mol. The number of benzene rings is 2. The van der Waals surface area contributed by atoms with Gasteiger partial charge in [-0.1, -0.05) is 12.1 Å². The first-order valence-corrected chi connectivity index (χ1v) is 10.1. The Morgan fingerprint density at radius 1 is 1.25 bits per heavy atom. The Labute approximate surface area is 163 Å². The molecule has 28 heavy (non-hydrogen) atoms. The Hall–Kier alpha value is -3.14. The van der Waals surface area contributed by atoms with Crippen molar-refractivity contribution in [1.82, 2.24) is 0 Å². The Balaban J connectivity index is 2.38. The number of anilines is 2. The average molecular weight is 407 g/mol. The van der Waals surface area contributed by atoms with E-state index in [-0.39, 0.29) is 22.6 Å². The van der Waals surface area contributed by atoms with Crippen molar-refractivity contribution in [3.05, 3.63) is 58.1 Å². The molecule has 9 nitrogen and oxygen atoms in total. The van der Waals surface area contributed by atoms with Crippen LogP contribution in [0.1, 0.15) is 12.5 Å². The molecule has 2 aromatic carbocycles. The van der Waals surface area contributed by atoms with Gasteiger partial charge in [0.1, 0.15) is 11.8 Å². The molecule has 0 aliphatic carbocycles. The van der Waals surface area contributed by atoms with Gasteiger partial charge in [0.25, 0.3) is 5.69 Å². The van der Waals surface area contributed by atoms with Crippen LogP contribution >= 0.6 is 0 Å². The first kappa shape index (κ1) is 21.2. The molecule has 0 aromatic heterocycles. The van der Waals surface area contributed by atoms with E-state index in [4.69, 9.17) is 4.74 Å². The van der Waals surface area contributed by atoms with Crippen LogP contribution in [0.15, 0.2) is 42.5 Å². The van der Waals surface area contributed by atoms with E-state index in [2.05, 4.69) is 5.32 Å². The van der Waals surface area contributed by atoms with E-state index in [1.807, 2.05) is 0 Å². The fourth-order valence-corrected chi connectivity index (χ4v) is 3.92. The maximum Gasteiger partial charge on any atom is 0.274 e. The maximum absolute atomic E-state index is 12.7. The number of rotatable bonds is 7. The topological polar surface area (TPSA) is 119 Å². The third-order valence-corrected chi connectivity index (χ3v) is 5.40. The van der Waals surface area contributed by atoms with Crippen LogP contribution in [0.25, 0.3) is 0 Å². The SMILES string of the molecule is COc1cccc(N([C@H](C)C(=O)Nc2cccc([N+](=O)[O-])c2C)S(C)(=O)=O)c1. The van der Waals surface area contributed by atoms with E-state index in [0.717, 1.165) is 10.6 Å². The molecule has 0 radical (unpaired) electrons. The second-order valence-electron chi connectivity index (χ2n) is 6.13. The number of carbonyl (C=O) groups excluding carboxylic acids is 1. The average Bonchev–Trinajstić information content (AvgIpc) is 2.62. The molecule has 150 valence electrons. The van der Waals surface area contributed by atoms with Gasteiger partial charge in [0, 0.05) is 12.1 Å². The van der Waals surface area contributed by atoms with E-state index in [0.29, 0.717) is 5.75 Å². The Bertz CT molecular complexity index is 1010. The lowest BCUT2D eigenvalue weighted by Gasteiger charge is -2.28. The molecule has 0 saturated heterocycles. The van der Waals surface area contributed by atoms with Gasteiger partial charge in [0.05, 0.1) is 35.2 Å². The van der Waals surface area contributed by atoms with Crippen LogP contribution in [0, 0.1) is 17.0 Å². The van der Waals surface area contributed by atoms with Gasteiger partial charge < -0.3 is 10.1 Å². The summed E-state index contributed by atoms with van der Waals surface area (Å²) in [4.78, 5) is 23.3. The van der Waals surface area contributed by atoms with E-state index in [9.17, 15) is 23.3 Å². The number of amides is 1. The lowest BCUT2D eigenvalue weighted by atomic mass is 10.1. The fourth-order valence-electron chi connectivity index (χ4n) is 2.75. The van der Waals surface area contributed by atoms with Crippen molar-refractivity contribution in [1.29, 1.82) is 0 Å². The van der Waals surface area contributed by atoms with Gasteiger partial charge in [-0.05, 0) is 32.0 Å². The minimum Gasteiger partial charge on any atom is -0.497 e. The first-order valence-electron chi connectivity index (χ1n) is 8.24. The van der Waals surface area contributed by atoms with Gasteiger partial charge in [-0.2, -0.15) is 0 Å². The first-order chi connectivity index (χ1) is 13.1. The summed E-state index contributed by atoms with van der Waals surface area (Å²) in [5, 5.41) is 13.6. The van der Waals surface area contributed by atoms with Crippen LogP contribution in [0.2, 0.25) is 0 Å². The van der Waals surface area contributed by atoms with Crippen LogP contribution in [0.3, 0.4) is 0 Å². The fraction of sp³-hybridized carbons (Fsp3) is 0.278. The number of sulfonamides is 1. The van der Waals surface area contributed by atoms with E-state index in [1.165, 1.54) is 45.2 Å². The molecule has 1 amide bonds. The molecule has 0 unspecified atom stereocenters. The quantitative estimate of drug-likeness (QED) is 0.557. The van der Waals surface area contributed by atoms with Crippen LogP contribution in [0.5, 0.6) is 5.75 Å². The number of carbonyl (C=O) groups is 1. The van der Waals surface area contributed by atoms with Crippen molar-refractivity contribution in [2.75, 3.05) is 23.0 Å². The van der Waals surface area contributed by atoms with E-state index >= 15 is 0 Å². The van der Waals surface area contributed by atoms with Gasteiger partial charge in [0.15, 0.2) is 0 Å². The van der Waals surface area contributed by atoms with Gasteiger partial charge in [-0.25, -0.2) is 8.42 Å². The molecule has 0 bridgehead atoms.